The molecule has 1 aliphatic heterocycles. The molecule has 8 heteroatoms. The summed E-state index contributed by atoms with van der Waals surface area (Å²) in [6.07, 6.45) is 3.89. The topological polar surface area (TPSA) is 68.3 Å². The zero-order valence-electron chi connectivity index (χ0n) is 16.9. The Labute approximate surface area is 179 Å². The Morgan fingerprint density at radius 2 is 2.00 bits per heavy atom. The Hall–Kier alpha value is -2.64. The van der Waals surface area contributed by atoms with Crippen LogP contribution in [-0.4, -0.2) is 36.3 Å². The average Bonchev–Trinajstić information content (AvgIpc) is 2.75. The highest BCUT2D eigenvalue weighted by atomic mass is 35.5. The van der Waals surface area contributed by atoms with Crippen molar-refractivity contribution in [1.29, 1.82) is 0 Å². The van der Waals surface area contributed by atoms with Gasteiger partial charge in [-0.2, -0.15) is 0 Å². The van der Waals surface area contributed by atoms with Crippen LogP contribution in [0.3, 0.4) is 0 Å². The van der Waals surface area contributed by atoms with E-state index in [0.717, 1.165) is 31.3 Å². The normalized spacial score (nSPS) is 15.7. The Balaban J connectivity index is 1.60. The fourth-order valence-corrected chi connectivity index (χ4v) is 3.83. The van der Waals surface area contributed by atoms with E-state index in [4.69, 9.17) is 21.1 Å². The SMILES string of the molecule is COc1cc2cnc(Nc3ccc(Cl)cc3F)nc2cc1OC(C)C1CCNCC1. The molecule has 0 aliphatic carbocycles. The molecule has 0 radical (unpaired) electrons. The van der Waals surface area contributed by atoms with Crippen LogP contribution in [0.25, 0.3) is 10.9 Å². The van der Waals surface area contributed by atoms with Gasteiger partial charge in [0.25, 0.3) is 0 Å². The largest absolute Gasteiger partial charge is 0.493 e. The van der Waals surface area contributed by atoms with E-state index in [1.165, 1.54) is 6.07 Å². The van der Waals surface area contributed by atoms with Crippen molar-refractivity contribution in [3.05, 3.63) is 47.4 Å². The maximum Gasteiger partial charge on any atom is 0.227 e. The predicted octanol–water partition coefficient (Wildman–Crippen LogP) is 4.94. The molecular weight excluding hydrogens is 407 g/mol. The number of fused-ring (bicyclic) bond motifs is 1. The summed E-state index contributed by atoms with van der Waals surface area (Å²) in [6, 6.07) is 8.09. The molecule has 2 N–H and O–H groups in total. The molecule has 1 atom stereocenters. The summed E-state index contributed by atoms with van der Waals surface area (Å²) in [5.41, 5.74) is 0.929. The summed E-state index contributed by atoms with van der Waals surface area (Å²) < 4.78 is 25.9. The predicted molar refractivity (Wildman–Crippen MR) is 116 cm³/mol. The van der Waals surface area contributed by atoms with E-state index < -0.39 is 5.82 Å². The van der Waals surface area contributed by atoms with Crippen molar-refractivity contribution in [3.63, 3.8) is 0 Å². The molecule has 1 aliphatic rings. The number of nitrogens with one attached hydrogen (secondary N) is 2. The summed E-state index contributed by atoms with van der Waals surface area (Å²) in [7, 11) is 1.61. The van der Waals surface area contributed by atoms with Crippen LogP contribution in [0, 0.1) is 11.7 Å². The van der Waals surface area contributed by atoms with Gasteiger partial charge in [-0.3, -0.25) is 0 Å². The smallest absolute Gasteiger partial charge is 0.227 e. The third kappa shape index (κ3) is 4.57. The molecular formula is C22H24ClFN4O2. The van der Waals surface area contributed by atoms with Crippen molar-refractivity contribution in [2.24, 2.45) is 5.92 Å². The molecule has 0 spiro atoms. The molecule has 158 valence electrons. The van der Waals surface area contributed by atoms with Gasteiger partial charge in [0.1, 0.15) is 5.82 Å². The number of aromatic nitrogens is 2. The van der Waals surface area contributed by atoms with Gasteiger partial charge < -0.3 is 20.1 Å². The van der Waals surface area contributed by atoms with Crippen LogP contribution >= 0.6 is 11.6 Å². The summed E-state index contributed by atoms with van der Waals surface area (Å²) in [5, 5.41) is 7.40. The van der Waals surface area contributed by atoms with Crippen molar-refractivity contribution in [1.82, 2.24) is 15.3 Å². The molecule has 4 rings (SSSR count). The lowest BCUT2D eigenvalue weighted by Crippen LogP contribution is -2.35. The minimum atomic E-state index is -0.472. The van der Waals surface area contributed by atoms with Gasteiger partial charge in [0, 0.05) is 22.7 Å². The molecule has 0 saturated carbocycles. The van der Waals surface area contributed by atoms with E-state index in [-0.39, 0.29) is 17.7 Å². The molecule has 3 aromatic rings. The van der Waals surface area contributed by atoms with Gasteiger partial charge in [-0.25, -0.2) is 14.4 Å². The minimum absolute atomic E-state index is 0.0565. The van der Waals surface area contributed by atoms with Crippen LogP contribution < -0.4 is 20.1 Å². The Morgan fingerprint density at radius 1 is 1.20 bits per heavy atom. The van der Waals surface area contributed by atoms with Crippen LogP contribution in [0.4, 0.5) is 16.0 Å². The molecule has 30 heavy (non-hydrogen) atoms. The van der Waals surface area contributed by atoms with E-state index in [1.54, 1.807) is 25.4 Å². The van der Waals surface area contributed by atoms with E-state index in [1.807, 2.05) is 12.1 Å². The summed E-state index contributed by atoms with van der Waals surface area (Å²) in [5.74, 6) is 1.57. The average molecular weight is 431 g/mol. The number of halogens is 2. The van der Waals surface area contributed by atoms with Crippen LogP contribution in [0.1, 0.15) is 19.8 Å². The van der Waals surface area contributed by atoms with Gasteiger partial charge in [0.2, 0.25) is 5.95 Å². The molecule has 1 unspecified atom stereocenters. The number of methoxy groups -OCH3 is 1. The number of hydrogen-bond acceptors (Lipinski definition) is 6. The second-order valence-corrected chi connectivity index (χ2v) is 7.85. The van der Waals surface area contributed by atoms with Gasteiger partial charge in [-0.15, -0.1) is 0 Å². The second kappa shape index (κ2) is 9.02. The van der Waals surface area contributed by atoms with Crippen LogP contribution in [0.2, 0.25) is 5.02 Å². The van der Waals surface area contributed by atoms with Crippen molar-refractivity contribution in [2.45, 2.75) is 25.9 Å². The van der Waals surface area contributed by atoms with Gasteiger partial charge in [-0.1, -0.05) is 11.6 Å². The van der Waals surface area contributed by atoms with Crippen LogP contribution in [0.5, 0.6) is 11.5 Å². The molecule has 1 aromatic heterocycles. The van der Waals surface area contributed by atoms with Crippen molar-refractivity contribution < 1.29 is 13.9 Å². The summed E-state index contributed by atoms with van der Waals surface area (Å²) >= 11 is 5.81. The van der Waals surface area contributed by atoms with Crippen molar-refractivity contribution in [3.8, 4) is 11.5 Å². The maximum absolute atomic E-state index is 14.1. The summed E-state index contributed by atoms with van der Waals surface area (Å²) in [4.78, 5) is 8.80. The number of hydrogen-bond donors (Lipinski definition) is 2. The third-order valence-electron chi connectivity index (χ3n) is 5.40. The fourth-order valence-electron chi connectivity index (χ4n) is 3.67. The lowest BCUT2D eigenvalue weighted by Gasteiger charge is -2.29. The molecule has 6 nitrogen and oxygen atoms in total. The van der Waals surface area contributed by atoms with Gasteiger partial charge in [-0.05, 0) is 63.0 Å². The number of benzene rings is 2. The summed E-state index contributed by atoms with van der Waals surface area (Å²) in [6.45, 7) is 4.11. The molecule has 2 heterocycles. The number of rotatable bonds is 6. The molecule has 0 amide bonds. The van der Waals surface area contributed by atoms with E-state index in [9.17, 15) is 4.39 Å². The van der Waals surface area contributed by atoms with Gasteiger partial charge >= 0.3 is 0 Å². The first-order valence-corrected chi connectivity index (χ1v) is 10.4. The minimum Gasteiger partial charge on any atom is -0.493 e. The molecule has 0 bridgehead atoms. The quantitative estimate of drug-likeness (QED) is 0.577. The monoisotopic (exact) mass is 430 g/mol. The van der Waals surface area contributed by atoms with Crippen molar-refractivity contribution >= 4 is 34.1 Å². The lowest BCUT2D eigenvalue weighted by atomic mass is 9.93. The van der Waals surface area contributed by atoms with E-state index >= 15 is 0 Å². The first-order chi connectivity index (χ1) is 14.5. The maximum atomic E-state index is 14.1. The van der Waals surface area contributed by atoms with Gasteiger partial charge in [0.15, 0.2) is 11.5 Å². The van der Waals surface area contributed by atoms with Crippen molar-refractivity contribution in [2.75, 3.05) is 25.5 Å². The Kier molecular flexibility index (Phi) is 6.20. The zero-order chi connectivity index (χ0) is 21.1. The zero-order valence-corrected chi connectivity index (χ0v) is 17.7. The first-order valence-electron chi connectivity index (χ1n) is 9.97. The highest BCUT2D eigenvalue weighted by molar-refractivity contribution is 6.30. The number of nitrogens with zero attached hydrogens (tertiary/aromatic N) is 2. The fraction of sp³-hybridized carbons (Fsp3) is 0.364. The molecule has 2 aromatic carbocycles. The third-order valence-corrected chi connectivity index (χ3v) is 5.64. The Morgan fingerprint density at radius 3 is 2.73 bits per heavy atom. The standard InChI is InChI=1S/C22H24ClFN4O2/c1-13(14-5-7-25-8-6-14)30-21-11-19-15(9-20(21)29-2)12-26-22(28-19)27-18-4-3-16(23)10-17(18)24/h3-4,9-14,25H,5-8H2,1-2H3,(H,26,27,28). The number of piperidine rings is 1. The van der Waals surface area contributed by atoms with E-state index in [2.05, 4.69) is 27.5 Å². The van der Waals surface area contributed by atoms with Crippen LogP contribution in [-0.2, 0) is 0 Å². The van der Waals surface area contributed by atoms with Gasteiger partial charge in [0.05, 0.1) is 24.4 Å². The highest BCUT2D eigenvalue weighted by Gasteiger charge is 2.22. The number of anilines is 2. The first kappa shape index (κ1) is 20.6. The molecule has 1 saturated heterocycles. The van der Waals surface area contributed by atoms with Crippen LogP contribution in [0.15, 0.2) is 36.5 Å². The second-order valence-electron chi connectivity index (χ2n) is 7.42. The number of ether oxygens (including phenoxy) is 2. The molecule has 1 fully saturated rings. The lowest BCUT2D eigenvalue weighted by molar-refractivity contribution is 0.124. The van der Waals surface area contributed by atoms with E-state index in [0.29, 0.717) is 28.0 Å². The Bertz CT molecular complexity index is 1040. The highest BCUT2D eigenvalue weighted by Crippen LogP contribution is 2.34.